The highest BCUT2D eigenvalue weighted by atomic mass is 35.5. The van der Waals surface area contributed by atoms with Crippen molar-refractivity contribution >= 4 is 23.8 Å². The number of amides is 1. The Balaban J connectivity index is 3.06. The third-order valence-corrected chi connectivity index (χ3v) is 3.33. The maximum Gasteiger partial charge on any atom is 0.263 e. The summed E-state index contributed by atoms with van der Waals surface area (Å²) in [5, 5.41) is 0.365. The van der Waals surface area contributed by atoms with Crippen LogP contribution in [0.2, 0.25) is 5.02 Å². The Morgan fingerprint density at radius 1 is 1.38 bits per heavy atom. The third kappa shape index (κ3) is 4.11. The maximum absolute atomic E-state index is 12.2. The molecule has 21 heavy (non-hydrogen) atoms. The fraction of sp³-hybridized carbons (Fsp3) is 0.467. The van der Waals surface area contributed by atoms with Crippen LogP contribution in [0.1, 0.15) is 31.1 Å². The Kier molecular flexibility index (Phi) is 6.49. The first-order valence-electron chi connectivity index (χ1n) is 6.76. The molecule has 0 spiro atoms. The zero-order valence-electron chi connectivity index (χ0n) is 12.7. The molecule has 1 aromatic carbocycles. The Morgan fingerprint density at radius 2 is 2.00 bits per heavy atom. The number of carbonyl (C=O) groups is 2. The first kappa shape index (κ1) is 17.3. The molecule has 0 fully saturated rings. The number of nitrogens with zero attached hydrogens (tertiary/aromatic N) is 1. The minimum absolute atomic E-state index is 0.145. The Hall–Kier alpha value is -1.75. The Morgan fingerprint density at radius 3 is 2.48 bits per heavy atom. The van der Waals surface area contributed by atoms with Crippen LogP contribution < -0.4 is 9.47 Å². The topological polar surface area (TPSA) is 55.8 Å². The molecule has 1 amide bonds. The van der Waals surface area contributed by atoms with Crippen molar-refractivity contribution in [3.05, 3.63) is 22.7 Å². The van der Waals surface area contributed by atoms with Crippen molar-refractivity contribution in [2.75, 3.05) is 20.2 Å². The second kappa shape index (κ2) is 7.88. The predicted octanol–water partition coefficient (Wildman–Crippen LogP) is 2.80. The van der Waals surface area contributed by atoms with Gasteiger partial charge < -0.3 is 14.4 Å². The fourth-order valence-corrected chi connectivity index (χ4v) is 2.19. The lowest BCUT2D eigenvalue weighted by Crippen LogP contribution is -2.40. The van der Waals surface area contributed by atoms with Crippen molar-refractivity contribution < 1.29 is 19.1 Å². The molecule has 0 aromatic heterocycles. The molecule has 0 saturated heterocycles. The summed E-state index contributed by atoms with van der Waals surface area (Å²) < 4.78 is 10.8. The van der Waals surface area contributed by atoms with Crippen molar-refractivity contribution in [3.8, 4) is 11.5 Å². The molecule has 6 heteroatoms. The SMILES string of the molecule is CCN(CC)C(=O)C(C)Oc1c(C=O)cc(Cl)cc1OC. The van der Waals surface area contributed by atoms with Gasteiger partial charge in [-0.3, -0.25) is 9.59 Å². The van der Waals surface area contributed by atoms with E-state index in [4.69, 9.17) is 21.1 Å². The summed E-state index contributed by atoms with van der Waals surface area (Å²) in [6.45, 7) is 6.63. The van der Waals surface area contributed by atoms with Crippen LogP contribution in [-0.2, 0) is 4.79 Å². The van der Waals surface area contributed by atoms with Gasteiger partial charge in [-0.05, 0) is 26.8 Å². The molecular formula is C15H20ClNO4. The average molecular weight is 314 g/mol. The van der Waals surface area contributed by atoms with E-state index in [9.17, 15) is 9.59 Å². The molecule has 1 atom stereocenters. The van der Waals surface area contributed by atoms with Gasteiger partial charge in [-0.2, -0.15) is 0 Å². The van der Waals surface area contributed by atoms with Crippen LogP contribution in [0.5, 0.6) is 11.5 Å². The number of aldehydes is 1. The van der Waals surface area contributed by atoms with Gasteiger partial charge in [0.05, 0.1) is 12.7 Å². The smallest absolute Gasteiger partial charge is 0.263 e. The van der Waals surface area contributed by atoms with Gasteiger partial charge in [0.15, 0.2) is 23.9 Å². The summed E-state index contributed by atoms with van der Waals surface area (Å²) in [6, 6.07) is 3.01. The van der Waals surface area contributed by atoms with Crippen molar-refractivity contribution in [2.24, 2.45) is 0 Å². The van der Waals surface area contributed by atoms with Gasteiger partial charge in [-0.15, -0.1) is 0 Å². The summed E-state index contributed by atoms with van der Waals surface area (Å²) in [7, 11) is 1.45. The lowest BCUT2D eigenvalue weighted by Gasteiger charge is -2.24. The molecule has 0 heterocycles. The number of hydrogen-bond acceptors (Lipinski definition) is 4. The van der Waals surface area contributed by atoms with Gasteiger partial charge in [0, 0.05) is 24.2 Å². The molecule has 116 valence electrons. The molecule has 0 N–H and O–H groups in total. The van der Waals surface area contributed by atoms with E-state index in [1.54, 1.807) is 17.9 Å². The summed E-state index contributed by atoms with van der Waals surface area (Å²) in [6.07, 6.45) is -0.100. The molecule has 0 radical (unpaired) electrons. The first-order valence-corrected chi connectivity index (χ1v) is 7.14. The maximum atomic E-state index is 12.2. The molecule has 0 saturated carbocycles. The van der Waals surface area contributed by atoms with Gasteiger partial charge in [0.1, 0.15) is 0 Å². The van der Waals surface area contributed by atoms with E-state index in [0.29, 0.717) is 30.1 Å². The molecule has 1 rings (SSSR count). The van der Waals surface area contributed by atoms with Gasteiger partial charge >= 0.3 is 0 Å². The van der Waals surface area contributed by atoms with E-state index in [2.05, 4.69) is 0 Å². The van der Waals surface area contributed by atoms with E-state index in [-0.39, 0.29) is 17.2 Å². The fourth-order valence-electron chi connectivity index (χ4n) is 1.97. The zero-order valence-corrected chi connectivity index (χ0v) is 13.4. The highest BCUT2D eigenvalue weighted by Gasteiger charge is 2.23. The Labute approximate surface area is 129 Å². The predicted molar refractivity (Wildman–Crippen MR) is 81.4 cm³/mol. The highest BCUT2D eigenvalue weighted by molar-refractivity contribution is 6.31. The van der Waals surface area contributed by atoms with Crippen LogP contribution in [0.3, 0.4) is 0 Å². The monoisotopic (exact) mass is 313 g/mol. The number of hydrogen-bond donors (Lipinski definition) is 0. The van der Waals surface area contributed by atoms with Crippen LogP contribution in [-0.4, -0.2) is 43.4 Å². The number of rotatable bonds is 7. The number of ether oxygens (including phenoxy) is 2. The first-order chi connectivity index (χ1) is 9.98. The minimum atomic E-state index is -0.723. The van der Waals surface area contributed by atoms with Crippen LogP contribution >= 0.6 is 11.6 Å². The van der Waals surface area contributed by atoms with Gasteiger partial charge in [-0.25, -0.2) is 0 Å². The summed E-state index contributed by atoms with van der Waals surface area (Å²) in [5.41, 5.74) is 0.249. The van der Waals surface area contributed by atoms with Crippen molar-refractivity contribution in [1.82, 2.24) is 4.90 Å². The summed E-state index contributed by atoms with van der Waals surface area (Å²) >= 11 is 5.90. The average Bonchev–Trinajstić information content (AvgIpc) is 2.49. The van der Waals surface area contributed by atoms with Crippen LogP contribution in [0.4, 0.5) is 0 Å². The number of likely N-dealkylation sites (N-methyl/N-ethyl adjacent to an activating group) is 1. The Bertz CT molecular complexity index is 515. The molecule has 0 aliphatic heterocycles. The van der Waals surface area contributed by atoms with Gasteiger partial charge in [0.2, 0.25) is 0 Å². The van der Waals surface area contributed by atoms with E-state index >= 15 is 0 Å². The molecule has 1 unspecified atom stereocenters. The molecule has 0 aliphatic carbocycles. The molecule has 5 nitrogen and oxygen atoms in total. The van der Waals surface area contributed by atoms with Crippen molar-refractivity contribution in [1.29, 1.82) is 0 Å². The molecule has 0 bridgehead atoms. The van der Waals surface area contributed by atoms with Crippen LogP contribution in [0.25, 0.3) is 0 Å². The molecule has 0 aliphatic rings. The second-order valence-electron chi connectivity index (χ2n) is 4.41. The normalized spacial score (nSPS) is 11.7. The zero-order chi connectivity index (χ0) is 16.0. The number of benzene rings is 1. The van der Waals surface area contributed by atoms with E-state index in [1.165, 1.54) is 13.2 Å². The van der Waals surface area contributed by atoms with E-state index < -0.39 is 6.10 Å². The third-order valence-electron chi connectivity index (χ3n) is 3.11. The largest absolute Gasteiger partial charge is 0.493 e. The summed E-state index contributed by atoms with van der Waals surface area (Å²) in [4.78, 5) is 25.0. The van der Waals surface area contributed by atoms with E-state index in [1.807, 2.05) is 13.8 Å². The minimum Gasteiger partial charge on any atom is -0.493 e. The lowest BCUT2D eigenvalue weighted by atomic mass is 10.2. The van der Waals surface area contributed by atoms with E-state index in [0.717, 1.165) is 0 Å². The van der Waals surface area contributed by atoms with Crippen molar-refractivity contribution in [2.45, 2.75) is 26.9 Å². The number of carbonyl (C=O) groups excluding carboxylic acids is 2. The standard InChI is InChI=1S/C15H20ClNO4/c1-5-17(6-2)15(19)10(3)21-14-11(9-18)7-12(16)8-13(14)20-4/h7-10H,5-6H2,1-4H3. The van der Waals surface area contributed by atoms with Crippen molar-refractivity contribution in [3.63, 3.8) is 0 Å². The number of halogens is 1. The highest BCUT2D eigenvalue weighted by Crippen LogP contribution is 2.34. The number of methoxy groups -OCH3 is 1. The quantitative estimate of drug-likeness (QED) is 0.726. The van der Waals surface area contributed by atoms with Crippen LogP contribution in [0, 0.1) is 0 Å². The van der Waals surface area contributed by atoms with Gasteiger partial charge in [-0.1, -0.05) is 11.6 Å². The van der Waals surface area contributed by atoms with Gasteiger partial charge in [0.25, 0.3) is 5.91 Å². The van der Waals surface area contributed by atoms with Crippen LogP contribution in [0.15, 0.2) is 12.1 Å². The molecular weight excluding hydrogens is 294 g/mol. The lowest BCUT2D eigenvalue weighted by molar-refractivity contribution is -0.137. The molecule has 1 aromatic rings. The second-order valence-corrected chi connectivity index (χ2v) is 4.85. The summed E-state index contributed by atoms with van der Waals surface area (Å²) in [5.74, 6) is 0.405.